The Morgan fingerprint density at radius 2 is 1.86 bits per heavy atom. The van der Waals surface area contributed by atoms with Gasteiger partial charge in [0.25, 0.3) is 0 Å². The van der Waals surface area contributed by atoms with Crippen LogP contribution in [0.1, 0.15) is 77.7 Å². The molecule has 4 rings (SSSR count). The predicted octanol–water partition coefficient (Wildman–Crippen LogP) is 5.46. The summed E-state index contributed by atoms with van der Waals surface area (Å²) in [6.45, 7) is 6.85. The maximum Gasteiger partial charge on any atom is 0.313 e. The number of benzene rings is 1. The van der Waals surface area contributed by atoms with Gasteiger partial charge in [-0.25, -0.2) is 0 Å². The molecule has 3 aliphatic rings. The van der Waals surface area contributed by atoms with E-state index in [0.29, 0.717) is 18.3 Å². The molecule has 0 saturated heterocycles. The second-order valence-corrected chi connectivity index (χ2v) is 10.1. The van der Waals surface area contributed by atoms with Gasteiger partial charge < -0.3 is 4.74 Å². The van der Waals surface area contributed by atoms with Crippen molar-refractivity contribution in [2.45, 2.75) is 83.7 Å². The van der Waals surface area contributed by atoms with E-state index in [1.807, 2.05) is 0 Å². The zero-order valence-electron chi connectivity index (χ0n) is 17.6. The standard InChI is InChI=1S/C25H34O3/c1-17-11-12-20(24(2,3)18-8-5-4-6-9-18)22(16-17)28-23(27)25-14-7-10-21(26)19(25)13-15-25/h4-6,8-9,17,19-20,22H,7,10-16H2,1-3H3/t17-,19-,20-,22-,25+/m1/s1. The Labute approximate surface area is 169 Å². The molecule has 0 unspecified atom stereocenters. The highest BCUT2D eigenvalue weighted by Crippen LogP contribution is 2.55. The molecular formula is C25H34O3. The SMILES string of the molecule is C[C@@H]1CC[C@@H](C(C)(C)c2ccccc2)[C@H](OC(=O)[C@]23CCCC(=O)[C@H]2CC3)C1. The number of ketones is 1. The summed E-state index contributed by atoms with van der Waals surface area (Å²) in [5.74, 6) is 1.01. The zero-order chi connectivity index (χ0) is 19.9. The fourth-order valence-corrected chi connectivity index (χ4v) is 6.13. The highest BCUT2D eigenvalue weighted by molar-refractivity contribution is 5.92. The molecule has 5 atom stereocenters. The molecule has 3 saturated carbocycles. The Kier molecular flexibility index (Phi) is 5.14. The van der Waals surface area contributed by atoms with Crippen molar-refractivity contribution in [2.75, 3.05) is 0 Å². The molecule has 0 bridgehead atoms. The Morgan fingerprint density at radius 3 is 2.54 bits per heavy atom. The fraction of sp³-hybridized carbons (Fsp3) is 0.680. The van der Waals surface area contributed by atoms with Gasteiger partial charge in [-0.3, -0.25) is 9.59 Å². The summed E-state index contributed by atoms with van der Waals surface area (Å²) >= 11 is 0. The molecule has 0 amide bonds. The smallest absolute Gasteiger partial charge is 0.313 e. The van der Waals surface area contributed by atoms with Crippen molar-refractivity contribution < 1.29 is 14.3 Å². The van der Waals surface area contributed by atoms with Gasteiger partial charge in [-0.2, -0.15) is 0 Å². The van der Waals surface area contributed by atoms with Crippen LogP contribution in [0.25, 0.3) is 0 Å². The van der Waals surface area contributed by atoms with Crippen molar-refractivity contribution in [1.29, 1.82) is 0 Å². The van der Waals surface area contributed by atoms with Gasteiger partial charge >= 0.3 is 5.97 Å². The van der Waals surface area contributed by atoms with Gasteiger partial charge in [0, 0.05) is 18.3 Å². The van der Waals surface area contributed by atoms with Gasteiger partial charge in [0.2, 0.25) is 0 Å². The molecule has 0 spiro atoms. The van der Waals surface area contributed by atoms with Crippen LogP contribution in [0.4, 0.5) is 0 Å². The first-order valence-corrected chi connectivity index (χ1v) is 11.1. The molecule has 3 aliphatic carbocycles. The Morgan fingerprint density at radius 1 is 1.11 bits per heavy atom. The molecule has 28 heavy (non-hydrogen) atoms. The van der Waals surface area contributed by atoms with Gasteiger partial charge in [-0.15, -0.1) is 0 Å². The first kappa shape index (κ1) is 19.7. The van der Waals surface area contributed by atoms with E-state index in [-0.39, 0.29) is 29.2 Å². The van der Waals surface area contributed by atoms with Crippen LogP contribution < -0.4 is 0 Å². The molecule has 3 heteroatoms. The van der Waals surface area contributed by atoms with Gasteiger partial charge in [0.15, 0.2) is 0 Å². The maximum absolute atomic E-state index is 13.3. The minimum absolute atomic E-state index is 0.0502. The third kappa shape index (κ3) is 3.21. The lowest BCUT2D eigenvalue weighted by Gasteiger charge is -2.51. The molecule has 0 N–H and O–H groups in total. The summed E-state index contributed by atoms with van der Waals surface area (Å²) in [4.78, 5) is 25.6. The molecule has 0 radical (unpaired) electrons. The number of hydrogen-bond donors (Lipinski definition) is 0. The Balaban J connectivity index is 1.56. The highest BCUT2D eigenvalue weighted by Gasteiger charge is 2.58. The van der Waals surface area contributed by atoms with Crippen LogP contribution in [0.5, 0.6) is 0 Å². The normalized spacial score (nSPS) is 35.6. The number of carbonyl (C=O) groups is 2. The van der Waals surface area contributed by atoms with Crippen LogP contribution in [0.2, 0.25) is 0 Å². The van der Waals surface area contributed by atoms with Gasteiger partial charge in [0.05, 0.1) is 5.41 Å². The minimum atomic E-state index is -0.503. The van der Waals surface area contributed by atoms with E-state index < -0.39 is 5.41 Å². The van der Waals surface area contributed by atoms with Crippen LogP contribution in [-0.4, -0.2) is 17.9 Å². The number of rotatable bonds is 4. The monoisotopic (exact) mass is 382 g/mol. The molecule has 0 aromatic heterocycles. The molecule has 3 nitrogen and oxygen atoms in total. The summed E-state index contributed by atoms with van der Waals surface area (Å²) < 4.78 is 6.30. The van der Waals surface area contributed by atoms with E-state index in [9.17, 15) is 9.59 Å². The molecule has 0 heterocycles. The zero-order valence-corrected chi connectivity index (χ0v) is 17.6. The number of hydrogen-bond acceptors (Lipinski definition) is 3. The van der Waals surface area contributed by atoms with Crippen molar-refractivity contribution in [3.05, 3.63) is 35.9 Å². The summed E-state index contributed by atoms with van der Waals surface area (Å²) in [6.07, 6.45) is 7.15. The lowest BCUT2D eigenvalue weighted by Crippen LogP contribution is -2.55. The second kappa shape index (κ2) is 7.31. The third-order valence-electron chi connectivity index (χ3n) is 8.14. The van der Waals surface area contributed by atoms with Crippen molar-refractivity contribution in [3.63, 3.8) is 0 Å². The molecule has 0 aliphatic heterocycles. The molecular weight excluding hydrogens is 348 g/mol. The van der Waals surface area contributed by atoms with Crippen molar-refractivity contribution in [3.8, 4) is 0 Å². The highest BCUT2D eigenvalue weighted by atomic mass is 16.5. The minimum Gasteiger partial charge on any atom is -0.462 e. The van der Waals surface area contributed by atoms with Gasteiger partial charge in [0.1, 0.15) is 11.9 Å². The fourth-order valence-electron chi connectivity index (χ4n) is 6.13. The number of esters is 1. The lowest BCUT2D eigenvalue weighted by atomic mass is 9.53. The quantitative estimate of drug-likeness (QED) is 0.649. The van der Waals surface area contributed by atoms with E-state index in [1.54, 1.807) is 0 Å². The number of ether oxygens (including phenoxy) is 1. The van der Waals surface area contributed by atoms with Crippen LogP contribution in [0.15, 0.2) is 30.3 Å². The molecule has 152 valence electrons. The van der Waals surface area contributed by atoms with Crippen molar-refractivity contribution in [2.24, 2.45) is 23.2 Å². The summed E-state index contributed by atoms with van der Waals surface area (Å²) in [5, 5.41) is 0. The first-order valence-electron chi connectivity index (χ1n) is 11.1. The largest absolute Gasteiger partial charge is 0.462 e. The van der Waals surface area contributed by atoms with E-state index in [1.165, 1.54) is 12.0 Å². The predicted molar refractivity (Wildman–Crippen MR) is 110 cm³/mol. The van der Waals surface area contributed by atoms with E-state index in [0.717, 1.165) is 38.5 Å². The number of carbonyl (C=O) groups excluding carboxylic acids is 2. The number of Topliss-reactive ketones (excluding diaryl/α,β-unsaturated/α-hetero) is 1. The van der Waals surface area contributed by atoms with Gasteiger partial charge in [-0.05, 0) is 55.4 Å². The molecule has 3 fully saturated rings. The third-order valence-corrected chi connectivity index (χ3v) is 8.14. The van der Waals surface area contributed by atoms with E-state index in [4.69, 9.17) is 4.74 Å². The van der Waals surface area contributed by atoms with E-state index >= 15 is 0 Å². The van der Waals surface area contributed by atoms with Crippen molar-refractivity contribution >= 4 is 11.8 Å². The van der Waals surface area contributed by atoms with Crippen LogP contribution in [0.3, 0.4) is 0 Å². The maximum atomic E-state index is 13.3. The summed E-state index contributed by atoms with van der Waals surface area (Å²) in [5.41, 5.74) is 0.756. The first-order chi connectivity index (χ1) is 13.3. The van der Waals surface area contributed by atoms with Crippen LogP contribution in [-0.2, 0) is 19.7 Å². The Bertz CT molecular complexity index is 737. The second-order valence-electron chi connectivity index (χ2n) is 10.1. The number of fused-ring (bicyclic) bond motifs is 1. The van der Waals surface area contributed by atoms with Gasteiger partial charge in [-0.1, -0.05) is 57.5 Å². The average Bonchev–Trinajstić information content (AvgIpc) is 2.64. The molecule has 1 aromatic rings. The average molecular weight is 383 g/mol. The topological polar surface area (TPSA) is 43.4 Å². The Hall–Kier alpha value is -1.64. The lowest BCUT2D eigenvalue weighted by molar-refractivity contribution is -0.187. The van der Waals surface area contributed by atoms with Crippen molar-refractivity contribution in [1.82, 2.24) is 0 Å². The van der Waals surface area contributed by atoms with E-state index in [2.05, 4.69) is 51.1 Å². The van der Waals surface area contributed by atoms with Crippen LogP contribution in [0, 0.1) is 23.2 Å². The molecule has 1 aromatic carbocycles. The summed E-state index contributed by atoms with van der Waals surface area (Å²) in [7, 11) is 0. The van der Waals surface area contributed by atoms with Crippen LogP contribution >= 0.6 is 0 Å². The summed E-state index contributed by atoms with van der Waals surface area (Å²) in [6, 6.07) is 10.6.